The number of thioether (sulfide) groups is 1. The van der Waals surface area contributed by atoms with Crippen molar-refractivity contribution in [3.63, 3.8) is 0 Å². The fraction of sp³-hybridized carbons (Fsp3) is 0.222. The van der Waals surface area contributed by atoms with Gasteiger partial charge in [0.15, 0.2) is 16.7 Å². The van der Waals surface area contributed by atoms with E-state index in [0.29, 0.717) is 40.7 Å². The van der Waals surface area contributed by atoms with Crippen LogP contribution in [0.5, 0.6) is 11.5 Å². The third-order valence-electron chi connectivity index (χ3n) is 5.53. The first-order valence-electron chi connectivity index (χ1n) is 11.3. The van der Waals surface area contributed by atoms with E-state index in [4.69, 9.17) is 14.5 Å². The van der Waals surface area contributed by atoms with E-state index in [1.165, 1.54) is 11.8 Å². The van der Waals surface area contributed by atoms with E-state index in [1.54, 1.807) is 17.7 Å². The molecule has 0 saturated carbocycles. The van der Waals surface area contributed by atoms with Crippen LogP contribution in [0.4, 0.5) is 0 Å². The van der Waals surface area contributed by atoms with Crippen molar-refractivity contribution in [2.45, 2.75) is 18.1 Å². The number of ether oxygens (including phenoxy) is 2. The number of carbonyl (C=O) groups excluding carboxylic acids is 1. The van der Waals surface area contributed by atoms with E-state index in [9.17, 15) is 9.59 Å². The Morgan fingerprint density at radius 2 is 1.69 bits per heavy atom. The first-order chi connectivity index (χ1) is 17.1. The van der Waals surface area contributed by atoms with Gasteiger partial charge in [0.05, 0.1) is 36.4 Å². The summed E-state index contributed by atoms with van der Waals surface area (Å²) in [6, 6.07) is 24.2. The summed E-state index contributed by atoms with van der Waals surface area (Å²) >= 11 is 1.25. The van der Waals surface area contributed by atoms with Crippen molar-refractivity contribution in [1.29, 1.82) is 0 Å². The molecule has 8 heteroatoms. The fourth-order valence-electron chi connectivity index (χ4n) is 3.72. The summed E-state index contributed by atoms with van der Waals surface area (Å²) in [6.07, 6.45) is 0. The van der Waals surface area contributed by atoms with Crippen molar-refractivity contribution in [3.05, 3.63) is 94.8 Å². The molecule has 0 aliphatic carbocycles. The fourth-order valence-corrected chi connectivity index (χ4v) is 4.63. The molecule has 1 atom stereocenters. The minimum absolute atomic E-state index is 0.125. The number of nitrogens with zero attached hydrogens (tertiary/aromatic N) is 2. The molecule has 0 aliphatic heterocycles. The Kier molecular flexibility index (Phi) is 8.05. The molecule has 0 saturated heterocycles. The molecule has 35 heavy (non-hydrogen) atoms. The number of para-hydroxylation sites is 3. The van der Waals surface area contributed by atoms with Crippen LogP contribution in [0.1, 0.15) is 18.5 Å². The maximum absolute atomic E-state index is 13.4. The molecule has 1 N–H and O–H groups in total. The topological polar surface area (TPSA) is 82.5 Å². The van der Waals surface area contributed by atoms with Crippen LogP contribution in [0, 0.1) is 0 Å². The lowest BCUT2D eigenvalue weighted by molar-refractivity contribution is -0.118. The lowest BCUT2D eigenvalue weighted by Crippen LogP contribution is -2.31. The summed E-state index contributed by atoms with van der Waals surface area (Å²) in [5, 5.41) is 3.91. The molecule has 4 aromatic rings. The highest BCUT2D eigenvalue weighted by atomic mass is 32.2. The molecule has 7 nitrogen and oxygen atoms in total. The van der Waals surface area contributed by atoms with Gasteiger partial charge in [-0.1, -0.05) is 66.4 Å². The molecule has 4 rings (SSSR count). The SMILES string of the molecule is COc1ccccc1OCCNC(=O)CSc1nc2ccccc2c(=O)n1[C@H](C)c1ccccc1. The van der Waals surface area contributed by atoms with Crippen LogP contribution >= 0.6 is 11.8 Å². The molecular formula is C27H27N3O4S. The molecule has 0 spiro atoms. The molecule has 0 aliphatic rings. The quantitative estimate of drug-likeness (QED) is 0.203. The molecule has 3 aromatic carbocycles. The second-order valence-corrected chi connectivity index (χ2v) is 8.75. The van der Waals surface area contributed by atoms with Crippen molar-refractivity contribution in [1.82, 2.24) is 14.9 Å². The number of hydrogen-bond donors (Lipinski definition) is 1. The number of amides is 1. The lowest BCUT2D eigenvalue weighted by atomic mass is 10.1. The maximum atomic E-state index is 13.4. The van der Waals surface area contributed by atoms with Crippen LogP contribution in [-0.2, 0) is 4.79 Å². The normalized spacial score (nSPS) is 11.7. The maximum Gasteiger partial charge on any atom is 0.262 e. The van der Waals surface area contributed by atoms with Gasteiger partial charge in [-0.2, -0.15) is 0 Å². The van der Waals surface area contributed by atoms with Gasteiger partial charge in [0, 0.05) is 0 Å². The molecule has 180 valence electrons. The number of hydrogen-bond acceptors (Lipinski definition) is 6. The number of methoxy groups -OCH3 is 1. The lowest BCUT2D eigenvalue weighted by Gasteiger charge is -2.20. The zero-order valence-corrected chi connectivity index (χ0v) is 20.5. The highest BCUT2D eigenvalue weighted by Gasteiger charge is 2.18. The van der Waals surface area contributed by atoms with Gasteiger partial charge in [-0.15, -0.1) is 0 Å². The van der Waals surface area contributed by atoms with Crippen molar-refractivity contribution in [2.24, 2.45) is 0 Å². The Morgan fingerprint density at radius 1 is 1.00 bits per heavy atom. The summed E-state index contributed by atoms with van der Waals surface area (Å²) in [6.45, 7) is 2.61. The summed E-state index contributed by atoms with van der Waals surface area (Å²) in [7, 11) is 1.58. The first kappa shape index (κ1) is 24.3. The Bertz CT molecular complexity index is 1360. The predicted molar refractivity (Wildman–Crippen MR) is 138 cm³/mol. The molecule has 0 radical (unpaired) electrons. The zero-order chi connectivity index (χ0) is 24.6. The third kappa shape index (κ3) is 5.84. The highest BCUT2D eigenvalue weighted by Crippen LogP contribution is 2.26. The van der Waals surface area contributed by atoms with Gasteiger partial charge in [0.1, 0.15) is 6.61 Å². The van der Waals surface area contributed by atoms with Gasteiger partial charge < -0.3 is 14.8 Å². The van der Waals surface area contributed by atoms with Crippen LogP contribution in [0.25, 0.3) is 10.9 Å². The van der Waals surface area contributed by atoms with Crippen molar-refractivity contribution < 1.29 is 14.3 Å². The third-order valence-corrected chi connectivity index (χ3v) is 6.48. The van der Waals surface area contributed by atoms with Gasteiger partial charge in [-0.3, -0.25) is 14.2 Å². The van der Waals surface area contributed by atoms with E-state index in [0.717, 1.165) is 5.56 Å². The van der Waals surface area contributed by atoms with Crippen molar-refractivity contribution in [3.8, 4) is 11.5 Å². The summed E-state index contributed by atoms with van der Waals surface area (Å²) < 4.78 is 12.6. The smallest absolute Gasteiger partial charge is 0.262 e. The number of fused-ring (bicyclic) bond motifs is 1. The number of carbonyl (C=O) groups is 1. The van der Waals surface area contributed by atoms with Gasteiger partial charge in [-0.05, 0) is 36.8 Å². The molecule has 1 aromatic heterocycles. The molecular weight excluding hydrogens is 462 g/mol. The Hall–Kier alpha value is -3.78. The average Bonchev–Trinajstić information content (AvgIpc) is 2.90. The van der Waals surface area contributed by atoms with E-state index >= 15 is 0 Å². The summed E-state index contributed by atoms with van der Waals surface area (Å²) in [5.74, 6) is 1.22. The first-order valence-corrected chi connectivity index (χ1v) is 12.3. The Morgan fingerprint density at radius 3 is 2.46 bits per heavy atom. The standard InChI is InChI=1S/C27H27N3O4S/c1-19(20-10-4-3-5-11-20)30-26(32)21-12-6-7-13-22(21)29-27(30)35-18-25(31)28-16-17-34-24-15-9-8-14-23(24)33-2/h3-15,19H,16-18H2,1-2H3,(H,28,31)/t19-/m1/s1. The van der Waals surface area contributed by atoms with Gasteiger partial charge in [0.25, 0.3) is 5.56 Å². The predicted octanol–water partition coefficient (Wildman–Crippen LogP) is 4.30. The molecule has 0 unspecified atom stereocenters. The van der Waals surface area contributed by atoms with Crippen LogP contribution in [0.2, 0.25) is 0 Å². The minimum atomic E-state index is -0.236. The summed E-state index contributed by atoms with van der Waals surface area (Å²) in [5.41, 5.74) is 1.48. The molecule has 1 heterocycles. The van der Waals surface area contributed by atoms with Crippen LogP contribution in [0.3, 0.4) is 0 Å². The van der Waals surface area contributed by atoms with E-state index in [-0.39, 0.29) is 23.3 Å². The summed E-state index contributed by atoms with van der Waals surface area (Å²) in [4.78, 5) is 30.6. The highest BCUT2D eigenvalue weighted by molar-refractivity contribution is 7.99. The van der Waals surface area contributed by atoms with E-state index in [1.807, 2.05) is 79.7 Å². The molecule has 1 amide bonds. The second-order valence-electron chi connectivity index (χ2n) is 7.81. The van der Waals surface area contributed by atoms with Crippen LogP contribution in [0.15, 0.2) is 88.8 Å². The number of nitrogens with one attached hydrogen (secondary N) is 1. The Balaban J connectivity index is 1.44. The zero-order valence-electron chi connectivity index (χ0n) is 19.6. The minimum Gasteiger partial charge on any atom is -0.493 e. The Labute approximate surface area is 208 Å². The monoisotopic (exact) mass is 489 g/mol. The van der Waals surface area contributed by atoms with Gasteiger partial charge in [0.2, 0.25) is 5.91 Å². The van der Waals surface area contributed by atoms with Gasteiger partial charge >= 0.3 is 0 Å². The molecule has 0 fully saturated rings. The van der Waals surface area contributed by atoms with E-state index < -0.39 is 0 Å². The average molecular weight is 490 g/mol. The van der Waals surface area contributed by atoms with E-state index in [2.05, 4.69) is 5.32 Å². The van der Waals surface area contributed by atoms with Crippen LogP contribution in [-0.4, -0.2) is 41.5 Å². The number of rotatable bonds is 10. The largest absolute Gasteiger partial charge is 0.493 e. The van der Waals surface area contributed by atoms with Crippen molar-refractivity contribution in [2.75, 3.05) is 26.0 Å². The van der Waals surface area contributed by atoms with Gasteiger partial charge in [-0.25, -0.2) is 4.98 Å². The molecule has 0 bridgehead atoms. The van der Waals surface area contributed by atoms with Crippen molar-refractivity contribution >= 4 is 28.6 Å². The number of benzene rings is 3. The second kappa shape index (κ2) is 11.6. The van der Waals surface area contributed by atoms with Crippen LogP contribution < -0.4 is 20.3 Å². The number of aromatic nitrogens is 2.